The molecule has 2 aromatic carbocycles. The van der Waals surface area contributed by atoms with Crippen molar-refractivity contribution in [3.05, 3.63) is 60.2 Å². The summed E-state index contributed by atoms with van der Waals surface area (Å²) in [6, 6.07) is 15.6. The number of hydrogen-bond acceptors (Lipinski definition) is 4. The minimum atomic E-state index is -0.280. The maximum Gasteiger partial charge on any atom is 0.250 e. The first kappa shape index (κ1) is 20.9. The zero-order chi connectivity index (χ0) is 20.6. The smallest absolute Gasteiger partial charge is 0.250 e. The van der Waals surface area contributed by atoms with Crippen LogP contribution in [0.1, 0.15) is 25.3 Å². The standard InChI is InChI=1S/C23H27N3O2S/c1-17-13-15-26(16-14-17)20-8-6-19(7-9-20)24-23(29)25-22(27)12-5-18-3-10-21(28-2)11-4-18/h3-12,17H,13-16H2,1-2H3,(H2,24,25,27,29)/b12-5+. The molecule has 6 heteroatoms. The van der Waals surface area contributed by atoms with Crippen LogP contribution >= 0.6 is 12.2 Å². The van der Waals surface area contributed by atoms with Crippen molar-refractivity contribution in [1.29, 1.82) is 0 Å². The Morgan fingerprint density at radius 1 is 1.10 bits per heavy atom. The molecule has 0 saturated carbocycles. The predicted molar refractivity (Wildman–Crippen MR) is 123 cm³/mol. The number of ether oxygens (including phenoxy) is 1. The Balaban J connectivity index is 1.48. The second-order valence-electron chi connectivity index (χ2n) is 7.27. The van der Waals surface area contributed by atoms with Gasteiger partial charge in [0, 0.05) is 30.5 Å². The van der Waals surface area contributed by atoms with Gasteiger partial charge in [-0.3, -0.25) is 10.1 Å². The first-order valence-corrected chi connectivity index (χ1v) is 10.2. The predicted octanol–water partition coefficient (Wildman–Crippen LogP) is 4.46. The first-order chi connectivity index (χ1) is 14.0. The van der Waals surface area contributed by atoms with E-state index in [1.54, 1.807) is 13.2 Å². The maximum absolute atomic E-state index is 12.1. The summed E-state index contributed by atoms with van der Waals surface area (Å²) < 4.78 is 5.12. The number of carbonyl (C=O) groups is 1. The van der Waals surface area contributed by atoms with Gasteiger partial charge in [-0.15, -0.1) is 0 Å². The fourth-order valence-electron chi connectivity index (χ4n) is 3.23. The molecule has 0 spiro atoms. The molecule has 0 aromatic heterocycles. The van der Waals surface area contributed by atoms with Crippen molar-refractivity contribution in [3.63, 3.8) is 0 Å². The third-order valence-electron chi connectivity index (χ3n) is 5.05. The lowest BCUT2D eigenvalue weighted by molar-refractivity contribution is -0.115. The van der Waals surface area contributed by atoms with E-state index in [9.17, 15) is 4.79 Å². The lowest BCUT2D eigenvalue weighted by Crippen LogP contribution is -2.33. The van der Waals surface area contributed by atoms with Crippen LogP contribution in [0.4, 0.5) is 11.4 Å². The van der Waals surface area contributed by atoms with Crippen molar-refractivity contribution in [2.24, 2.45) is 5.92 Å². The van der Waals surface area contributed by atoms with Crippen LogP contribution in [0.25, 0.3) is 6.08 Å². The number of rotatable bonds is 5. The molecule has 0 aliphatic carbocycles. The molecule has 0 radical (unpaired) electrons. The Labute approximate surface area is 177 Å². The van der Waals surface area contributed by atoms with E-state index in [2.05, 4.69) is 34.6 Å². The van der Waals surface area contributed by atoms with Crippen LogP contribution in [-0.4, -0.2) is 31.2 Å². The van der Waals surface area contributed by atoms with Crippen LogP contribution in [0.3, 0.4) is 0 Å². The molecule has 152 valence electrons. The van der Waals surface area contributed by atoms with Gasteiger partial charge in [0.25, 0.3) is 0 Å². The van der Waals surface area contributed by atoms with Crippen LogP contribution in [0.2, 0.25) is 0 Å². The fourth-order valence-corrected chi connectivity index (χ4v) is 3.44. The normalized spacial score (nSPS) is 14.6. The van der Waals surface area contributed by atoms with Crippen molar-refractivity contribution in [3.8, 4) is 5.75 Å². The molecular formula is C23H27N3O2S. The molecule has 0 bridgehead atoms. The Hall–Kier alpha value is -2.86. The Kier molecular flexibility index (Phi) is 7.25. The summed E-state index contributed by atoms with van der Waals surface area (Å²) in [5.41, 5.74) is 2.98. The molecule has 2 N–H and O–H groups in total. The molecule has 2 aromatic rings. The Morgan fingerprint density at radius 3 is 2.38 bits per heavy atom. The van der Waals surface area contributed by atoms with Gasteiger partial charge in [0.15, 0.2) is 5.11 Å². The highest BCUT2D eigenvalue weighted by molar-refractivity contribution is 7.80. The van der Waals surface area contributed by atoms with Gasteiger partial charge in [0.2, 0.25) is 5.91 Å². The maximum atomic E-state index is 12.1. The number of thiocarbonyl (C=S) groups is 1. The zero-order valence-corrected chi connectivity index (χ0v) is 17.7. The number of nitrogens with one attached hydrogen (secondary N) is 2. The summed E-state index contributed by atoms with van der Waals surface area (Å²) in [5.74, 6) is 1.31. The van der Waals surface area contributed by atoms with Crippen molar-refractivity contribution in [1.82, 2.24) is 5.32 Å². The lowest BCUT2D eigenvalue weighted by Gasteiger charge is -2.32. The van der Waals surface area contributed by atoms with E-state index in [0.29, 0.717) is 0 Å². The average Bonchev–Trinajstić information content (AvgIpc) is 2.74. The first-order valence-electron chi connectivity index (χ1n) is 9.82. The molecule has 1 aliphatic heterocycles. The van der Waals surface area contributed by atoms with Gasteiger partial charge < -0.3 is 15.0 Å². The molecule has 1 amide bonds. The van der Waals surface area contributed by atoms with E-state index in [1.807, 2.05) is 36.4 Å². The van der Waals surface area contributed by atoms with Gasteiger partial charge in [0.05, 0.1) is 7.11 Å². The Morgan fingerprint density at radius 2 is 1.76 bits per heavy atom. The van der Waals surface area contributed by atoms with Crippen molar-refractivity contribution >= 4 is 40.7 Å². The quantitative estimate of drug-likeness (QED) is 0.564. The fraction of sp³-hybridized carbons (Fsp3) is 0.304. The van der Waals surface area contributed by atoms with Crippen molar-refractivity contribution in [2.45, 2.75) is 19.8 Å². The van der Waals surface area contributed by atoms with Crippen LogP contribution in [-0.2, 0) is 4.79 Å². The van der Waals surface area contributed by atoms with Crippen molar-refractivity contribution in [2.75, 3.05) is 30.4 Å². The van der Waals surface area contributed by atoms with Gasteiger partial charge in [-0.25, -0.2) is 0 Å². The monoisotopic (exact) mass is 409 g/mol. The van der Waals surface area contributed by atoms with Gasteiger partial charge in [-0.2, -0.15) is 0 Å². The second-order valence-corrected chi connectivity index (χ2v) is 7.67. The van der Waals surface area contributed by atoms with Crippen LogP contribution < -0.4 is 20.3 Å². The highest BCUT2D eigenvalue weighted by Crippen LogP contribution is 2.24. The van der Waals surface area contributed by atoms with E-state index >= 15 is 0 Å². The number of hydrogen-bond donors (Lipinski definition) is 2. The van der Waals surface area contributed by atoms with E-state index in [0.717, 1.165) is 36.0 Å². The third-order valence-corrected chi connectivity index (χ3v) is 5.26. The summed E-state index contributed by atoms with van der Waals surface area (Å²) in [7, 11) is 1.62. The molecule has 1 fully saturated rings. The highest BCUT2D eigenvalue weighted by Gasteiger charge is 2.15. The Bertz CT molecular complexity index is 855. The largest absolute Gasteiger partial charge is 0.497 e. The van der Waals surface area contributed by atoms with E-state index in [4.69, 9.17) is 17.0 Å². The second kappa shape index (κ2) is 10.1. The summed E-state index contributed by atoms with van der Waals surface area (Å²) in [6.07, 6.45) is 5.65. The molecule has 1 saturated heterocycles. The molecule has 5 nitrogen and oxygen atoms in total. The lowest BCUT2D eigenvalue weighted by atomic mass is 9.99. The van der Waals surface area contributed by atoms with Gasteiger partial charge in [0.1, 0.15) is 5.75 Å². The van der Waals surface area contributed by atoms with Crippen molar-refractivity contribution < 1.29 is 9.53 Å². The molecule has 29 heavy (non-hydrogen) atoms. The van der Waals surface area contributed by atoms with E-state index in [-0.39, 0.29) is 11.0 Å². The summed E-state index contributed by atoms with van der Waals surface area (Å²) in [5, 5.41) is 5.99. The molecule has 0 unspecified atom stereocenters. The molecule has 0 atom stereocenters. The van der Waals surface area contributed by atoms with Gasteiger partial charge in [-0.05, 0) is 79.0 Å². The number of amides is 1. The number of anilines is 2. The molecular weight excluding hydrogens is 382 g/mol. The number of methoxy groups -OCH3 is 1. The number of benzene rings is 2. The number of carbonyl (C=O) groups excluding carboxylic acids is 1. The van der Waals surface area contributed by atoms with Gasteiger partial charge in [-0.1, -0.05) is 19.1 Å². The molecule has 1 heterocycles. The van der Waals surface area contributed by atoms with E-state index < -0.39 is 0 Å². The third kappa shape index (κ3) is 6.32. The van der Waals surface area contributed by atoms with E-state index in [1.165, 1.54) is 24.6 Å². The van der Waals surface area contributed by atoms with Gasteiger partial charge >= 0.3 is 0 Å². The average molecular weight is 410 g/mol. The van der Waals surface area contributed by atoms with Crippen LogP contribution in [0, 0.1) is 5.92 Å². The summed E-state index contributed by atoms with van der Waals surface area (Å²) in [6.45, 7) is 4.51. The number of piperidine rings is 1. The topological polar surface area (TPSA) is 53.6 Å². The molecule has 1 aliphatic rings. The number of nitrogens with zero attached hydrogens (tertiary/aromatic N) is 1. The minimum Gasteiger partial charge on any atom is -0.497 e. The highest BCUT2D eigenvalue weighted by atomic mass is 32.1. The summed E-state index contributed by atoms with van der Waals surface area (Å²) >= 11 is 5.24. The molecule has 3 rings (SSSR count). The van der Waals surface area contributed by atoms with Crippen LogP contribution in [0.15, 0.2) is 54.6 Å². The van der Waals surface area contributed by atoms with Crippen LogP contribution in [0.5, 0.6) is 5.75 Å². The zero-order valence-electron chi connectivity index (χ0n) is 16.9. The summed E-state index contributed by atoms with van der Waals surface area (Å²) in [4.78, 5) is 14.5. The minimum absolute atomic E-state index is 0.272. The SMILES string of the molecule is COc1ccc(/C=C/C(=O)NC(=S)Nc2ccc(N3CCC(C)CC3)cc2)cc1.